The van der Waals surface area contributed by atoms with Crippen molar-refractivity contribution in [1.29, 1.82) is 0 Å². The molecule has 1 aliphatic rings. The van der Waals surface area contributed by atoms with Crippen molar-refractivity contribution in [2.45, 2.75) is 31.8 Å². The number of nitrogens with one attached hydrogen (secondary N) is 1. The summed E-state index contributed by atoms with van der Waals surface area (Å²) >= 11 is 1.65. The quantitative estimate of drug-likeness (QED) is 0.742. The number of amides is 1. The van der Waals surface area contributed by atoms with E-state index >= 15 is 0 Å². The van der Waals surface area contributed by atoms with E-state index in [1.165, 1.54) is 16.9 Å². The number of hydrogen-bond donors (Lipinski definition) is 3. The Balaban J connectivity index is 2.02. The van der Waals surface area contributed by atoms with Crippen LogP contribution in [0.4, 0.5) is 0 Å². The standard InChI is InChI=1S/C12H17NO3S/c14-6-8(15)5-13-12(16)10-7-17-11-4-2-1-3-9(10)11/h7-8,14-15H,1-6H2,(H,13,16). The molecule has 1 aromatic heterocycles. The molecule has 0 spiro atoms. The first-order valence-electron chi connectivity index (χ1n) is 5.88. The first-order chi connectivity index (χ1) is 8.22. The van der Waals surface area contributed by atoms with Crippen LogP contribution in [-0.2, 0) is 12.8 Å². The number of rotatable bonds is 4. The smallest absolute Gasteiger partial charge is 0.252 e. The van der Waals surface area contributed by atoms with E-state index in [0.29, 0.717) is 0 Å². The van der Waals surface area contributed by atoms with Crippen molar-refractivity contribution >= 4 is 17.2 Å². The van der Waals surface area contributed by atoms with Crippen molar-refractivity contribution in [3.63, 3.8) is 0 Å². The van der Waals surface area contributed by atoms with E-state index in [9.17, 15) is 9.90 Å². The van der Waals surface area contributed by atoms with Gasteiger partial charge in [-0.1, -0.05) is 0 Å². The van der Waals surface area contributed by atoms with Gasteiger partial charge in [0.05, 0.1) is 18.3 Å². The zero-order valence-electron chi connectivity index (χ0n) is 9.61. The molecular weight excluding hydrogens is 238 g/mol. The molecule has 4 nitrogen and oxygen atoms in total. The van der Waals surface area contributed by atoms with E-state index in [-0.39, 0.29) is 19.1 Å². The molecule has 0 saturated carbocycles. The Kier molecular flexibility index (Phi) is 4.15. The Morgan fingerprint density at radius 2 is 2.24 bits per heavy atom. The van der Waals surface area contributed by atoms with E-state index in [4.69, 9.17) is 5.11 Å². The van der Waals surface area contributed by atoms with Crippen LogP contribution in [0.5, 0.6) is 0 Å². The van der Waals surface area contributed by atoms with Crippen molar-refractivity contribution in [3.05, 3.63) is 21.4 Å². The number of aryl methyl sites for hydroxylation is 1. The van der Waals surface area contributed by atoms with E-state index < -0.39 is 6.10 Å². The highest BCUT2D eigenvalue weighted by molar-refractivity contribution is 7.10. The van der Waals surface area contributed by atoms with Crippen LogP contribution in [0.2, 0.25) is 0 Å². The zero-order valence-corrected chi connectivity index (χ0v) is 10.4. The fourth-order valence-electron chi connectivity index (χ4n) is 2.05. The molecular formula is C12H17NO3S. The monoisotopic (exact) mass is 255 g/mol. The van der Waals surface area contributed by atoms with Crippen LogP contribution in [-0.4, -0.2) is 35.4 Å². The largest absolute Gasteiger partial charge is 0.394 e. The van der Waals surface area contributed by atoms with Crippen LogP contribution in [0, 0.1) is 0 Å². The van der Waals surface area contributed by atoms with Gasteiger partial charge in [0.2, 0.25) is 0 Å². The Morgan fingerprint density at radius 3 is 3.00 bits per heavy atom. The molecule has 17 heavy (non-hydrogen) atoms. The number of carbonyl (C=O) groups excluding carboxylic acids is 1. The molecule has 1 amide bonds. The maximum Gasteiger partial charge on any atom is 0.252 e. The predicted octanol–water partition coefficient (Wildman–Crippen LogP) is 0.710. The number of carbonyl (C=O) groups is 1. The summed E-state index contributed by atoms with van der Waals surface area (Å²) in [6, 6.07) is 0. The first-order valence-corrected chi connectivity index (χ1v) is 6.76. The Hall–Kier alpha value is -0.910. The van der Waals surface area contributed by atoms with Crippen molar-refractivity contribution in [2.75, 3.05) is 13.2 Å². The Morgan fingerprint density at radius 1 is 1.47 bits per heavy atom. The first kappa shape index (κ1) is 12.5. The molecule has 1 atom stereocenters. The van der Waals surface area contributed by atoms with E-state index in [1.54, 1.807) is 11.3 Å². The number of fused-ring (bicyclic) bond motifs is 1. The minimum absolute atomic E-state index is 0.0972. The van der Waals surface area contributed by atoms with Crippen molar-refractivity contribution in [2.24, 2.45) is 0 Å². The summed E-state index contributed by atoms with van der Waals surface area (Å²) in [5, 5.41) is 22.4. The van der Waals surface area contributed by atoms with Gasteiger partial charge in [-0.3, -0.25) is 4.79 Å². The van der Waals surface area contributed by atoms with Gasteiger partial charge in [0.25, 0.3) is 5.91 Å². The van der Waals surface area contributed by atoms with Crippen LogP contribution < -0.4 is 5.32 Å². The number of aliphatic hydroxyl groups is 2. The van der Waals surface area contributed by atoms with Gasteiger partial charge < -0.3 is 15.5 Å². The molecule has 0 aliphatic heterocycles. The maximum absolute atomic E-state index is 11.9. The van der Waals surface area contributed by atoms with E-state index in [0.717, 1.165) is 24.8 Å². The third-order valence-corrected chi connectivity index (χ3v) is 4.10. The van der Waals surface area contributed by atoms with Gasteiger partial charge in [-0.2, -0.15) is 0 Å². The normalized spacial score (nSPS) is 16.4. The average molecular weight is 255 g/mol. The number of thiophene rings is 1. The molecule has 94 valence electrons. The summed E-state index contributed by atoms with van der Waals surface area (Å²) in [6.07, 6.45) is 3.52. The van der Waals surface area contributed by atoms with E-state index in [2.05, 4.69) is 5.32 Å². The molecule has 0 saturated heterocycles. The number of hydrogen-bond acceptors (Lipinski definition) is 4. The summed E-state index contributed by atoms with van der Waals surface area (Å²) in [6.45, 7) is -0.234. The van der Waals surface area contributed by atoms with Crippen LogP contribution in [0.1, 0.15) is 33.6 Å². The highest BCUT2D eigenvalue weighted by atomic mass is 32.1. The Bertz CT molecular complexity index is 402. The summed E-state index contributed by atoms with van der Waals surface area (Å²) in [5.74, 6) is -0.142. The van der Waals surface area contributed by atoms with Crippen molar-refractivity contribution in [1.82, 2.24) is 5.32 Å². The molecule has 0 bridgehead atoms. The van der Waals surface area contributed by atoms with Crippen LogP contribution in [0.3, 0.4) is 0 Å². The van der Waals surface area contributed by atoms with Crippen molar-refractivity contribution < 1.29 is 15.0 Å². The summed E-state index contributed by atoms with van der Waals surface area (Å²) in [7, 11) is 0. The predicted molar refractivity (Wildman–Crippen MR) is 66.4 cm³/mol. The molecule has 2 rings (SSSR count). The SMILES string of the molecule is O=C(NCC(O)CO)c1csc2c1CCCC2. The number of aliphatic hydroxyl groups excluding tert-OH is 2. The molecule has 0 radical (unpaired) electrons. The summed E-state index contributed by atoms with van der Waals surface area (Å²) in [4.78, 5) is 13.2. The molecule has 0 fully saturated rings. The molecule has 0 aromatic carbocycles. The minimum Gasteiger partial charge on any atom is -0.394 e. The second-order valence-corrected chi connectivity index (χ2v) is 5.27. The highest BCUT2D eigenvalue weighted by Gasteiger charge is 2.20. The summed E-state index contributed by atoms with van der Waals surface area (Å²) < 4.78 is 0. The van der Waals surface area contributed by atoms with Crippen molar-refractivity contribution in [3.8, 4) is 0 Å². The van der Waals surface area contributed by atoms with Crippen LogP contribution >= 0.6 is 11.3 Å². The average Bonchev–Trinajstić information content (AvgIpc) is 2.79. The lowest BCUT2D eigenvalue weighted by Crippen LogP contribution is -2.34. The molecule has 3 N–H and O–H groups in total. The lowest BCUT2D eigenvalue weighted by atomic mass is 9.95. The van der Waals surface area contributed by atoms with Crippen LogP contribution in [0.15, 0.2) is 5.38 Å². The minimum atomic E-state index is -0.881. The molecule has 1 heterocycles. The molecule has 1 aliphatic carbocycles. The van der Waals surface area contributed by atoms with Gasteiger partial charge in [0.1, 0.15) is 0 Å². The van der Waals surface area contributed by atoms with Gasteiger partial charge in [-0.15, -0.1) is 11.3 Å². The lowest BCUT2D eigenvalue weighted by molar-refractivity contribution is 0.0801. The zero-order chi connectivity index (χ0) is 12.3. The topological polar surface area (TPSA) is 69.6 Å². The summed E-state index contributed by atoms with van der Waals surface area (Å²) in [5.41, 5.74) is 1.92. The lowest BCUT2D eigenvalue weighted by Gasteiger charge is -2.13. The maximum atomic E-state index is 11.9. The fourth-order valence-corrected chi connectivity index (χ4v) is 3.18. The van der Waals surface area contributed by atoms with E-state index in [1.807, 2.05) is 5.38 Å². The van der Waals surface area contributed by atoms with Gasteiger partial charge in [-0.05, 0) is 31.2 Å². The third kappa shape index (κ3) is 2.86. The van der Waals surface area contributed by atoms with Crippen LogP contribution in [0.25, 0.3) is 0 Å². The molecule has 1 unspecified atom stereocenters. The second kappa shape index (κ2) is 5.62. The van der Waals surface area contributed by atoms with Gasteiger partial charge >= 0.3 is 0 Å². The fraction of sp³-hybridized carbons (Fsp3) is 0.583. The second-order valence-electron chi connectivity index (χ2n) is 4.30. The van der Waals surface area contributed by atoms with Gasteiger partial charge in [0.15, 0.2) is 0 Å². The third-order valence-electron chi connectivity index (χ3n) is 3.01. The molecule has 1 aromatic rings. The Labute approximate surface area is 104 Å². The molecule has 5 heteroatoms. The van der Waals surface area contributed by atoms with Gasteiger partial charge in [-0.25, -0.2) is 0 Å². The van der Waals surface area contributed by atoms with Gasteiger partial charge in [0, 0.05) is 16.8 Å². The highest BCUT2D eigenvalue weighted by Crippen LogP contribution is 2.29.